The Hall–Kier alpha value is -3.72. The zero-order valence-electron chi connectivity index (χ0n) is 17.8. The number of amides is 1. The Balaban J connectivity index is 1.45. The predicted molar refractivity (Wildman–Crippen MR) is 123 cm³/mol. The minimum Gasteiger partial charge on any atom is -0.352 e. The average molecular weight is 462 g/mol. The van der Waals surface area contributed by atoms with Gasteiger partial charge in [-0.05, 0) is 24.1 Å². The molecule has 5 heterocycles. The van der Waals surface area contributed by atoms with Gasteiger partial charge >= 0.3 is 0 Å². The Labute approximate surface area is 193 Å². The van der Waals surface area contributed by atoms with Crippen LogP contribution in [-0.2, 0) is 13.0 Å². The molecule has 0 aliphatic carbocycles. The molecule has 10 heteroatoms. The van der Waals surface area contributed by atoms with E-state index in [2.05, 4.69) is 27.1 Å². The van der Waals surface area contributed by atoms with E-state index in [1.165, 1.54) is 6.33 Å². The third-order valence-corrected chi connectivity index (χ3v) is 6.78. The van der Waals surface area contributed by atoms with Crippen molar-refractivity contribution in [3.63, 3.8) is 0 Å². The molecule has 3 aromatic heterocycles. The van der Waals surface area contributed by atoms with Crippen molar-refractivity contribution in [1.82, 2.24) is 29.5 Å². The van der Waals surface area contributed by atoms with Gasteiger partial charge in [0.05, 0.1) is 22.9 Å². The van der Waals surface area contributed by atoms with E-state index in [1.807, 2.05) is 30.3 Å². The molecule has 1 N–H and O–H groups in total. The van der Waals surface area contributed by atoms with Crippen LogP contribution in [0.15, 0.2) is 53.7 Å². The van der Waals surface area contributed by atoms with Crippen molar-refractivity contribution in [2.75, 3.05) is 11.4 Å². The summed E-state index contributed by atoms with van der Waals surface area (Å²) in [6, 6.07) is 11.1. The standard InChI is InChI=1S/C23H20ClN7O2/c1-13-11-29(21-19-16(26-12-27-21)10-25-22(19)32)17(13)9-18-28-30-8-7-15(24)20(30)23(33)31(18)14-5-3-2-4-6-14/h2-8,12-13,17H,9-11H2,1H3,(H,25,32)/t13-,17?/m0/s1. The number of fused-ring (bicyclic) bond motifs is 2. The lowest BCUT2D eigenvalue weighted by Crippen LogP contribution is -2.57. The molecular formula is C23H20ClN7O2. The van der Waals surface area contributed by atoms with Gasteiger partial charge in [-0.25, -0.2) is 14.5 Å². The van der Waals surface area contributed by atoms with Crippen LogP contribution in [0.25, 0.3) is 11.2 Å². The Morgan fingerprint density at radius 2 is 1.97 bits per heavy atom. The van der Waals surface area contributed by atoms with Crippen molar-refractivity contribution >= 4 is 28.8 Å². The molecule has 2 aliphatic heterocycles. The van der Waals surface area contributed by atoms with Gasteiger partial charge in [0.25, 0.3) is 11.5 Å². The van der Waals surface area contributed by atoms with E-state index in [0.717, 1.165) is 12.2 Å². The van der Waals surface area contributed by atoms with Crippen LogP contribution >= 0.6 is 11.6 Å². The van der Waals surface area contributed by atoms with E-state index in [-0.39, 0.29) is 17.5 Å². The van der Waals surface area contributed by atoms with E-state index in [9.17, 15) is 9.59 Å². The molecule has 0 spiro atoms. The highest BCUT2D eigenvalue weighted by Crippen LogP contribution is 2.35. The number of nitrogens with zero attached hydrogens (tertiary/aromatic N) is 6. The highest BCUT2D eigenvalue weighted by molar-refractivity contribution is 6.33. The summed E-state index contributed by atoms with van der Waals surface area (Å²) in [5.41, 5.74) is 2.10. The van der Waals surface area contributed by atoms with E-state index >= 15 is 0 Å². The highest BCUT2D eigenvalue weighted by atomic mass is 35.5. The van der Waals surface area contributed by atoms with Gasteiger partial charge in [-0.3, -0.25) is 14.2 Å². The summed E-state index contributed by atoms with van der Waals surface area (Å²) in [6.45, 7) is 3.32. The monoisotopic (exact) mass is 461 g/mol. The number of halogens is 1. The molecule has 4 aromatic rings. The summed E-state index contributed by atoms with van der Waals surface area (Å²) in [4.78, 5) is 36.7. The van der Waals surface area contributed by atoms with Gasteiger partial charge in [0, 0.05) is 25.2 Å². The summed E-state index contributed by atoms with van der Waals surface area (Å²) >= 11 is 6.29. The average Bonchev–Trinajstić information content (AvgIpc) is 3.39. The first-order valence-electron chi connectivity index (χ1n) is 10.8. The molecule has 166 valence electrons. The summed E-state index contributed by atoms with van der Waals surface area (Å²) in [5, 5.41) is 7.95. The summed E-state index contributed by atoms with van der Waals surface area (Å²) in [6.07, 6.45) is 3.69. The molecule has 2 aliphatic rings. The van der Waals surface area contributed by atoms with Gasteiger partial charge in [0.2, 0.25) is 0 Å². The van der Waals surface area contributed by atoms with Crippen LogP contribution in [0.1, 0.15) is 28.8 Å². The highest BCUT2D eigenvalue weighted by Gasteiger charge is 2.41. The van der Waals surface area contributed by atoms with Crippen molar-refractivity contribution in [3.8, 4) is 5.69 Å². The topological polar surface area (TPSA) is 97.4 Å². The van der Waals surface area contributed by atoms with Crippen LogP contribution in [0, 0.1) is 5.92 Å². The third-order valence-electron chi connectivity index (χ3n) is 6.47. The quantitative estimate of drug-likeness (QED) is 0.500. The van der Waals surface area contributed by atoms with Gasteiger partial charge in [0.15, 0.2) is 0 Å². The van der Waals surface area contributed by atoms with Crippen LogP contribution in [0.3, 0.4) is 0 Å². The number of para-hydroxylation sites is 1. The Kier molecular flexibility index (Phi) is 4.48. The molecule has 33 heavy (non-hydrogen) atoms. The number of carbonyl (C=O) groups excluding carboxylic acids is 1. The van der Waals surface area contributed by atoms with E-state index in [4.69, 9.17) is 16.7 Å². The first kappa shape index (κ1) is 19.9. The number of hydrogen-bond acceptors (Lipinski definition) is 6. The molecule has 0 bridgehead atoms. The van der Waals surface area contributed by atoms with Gasteiger partial charge in [-0.1, -0.05) is 36.7 Å². The van der Waals surface area contributed by atoms with Gasteiger partial charge in [-0.15, -0.1) is 0 Å². The normalized spacial score (nSPS) is 19.5. The fourth-order valence-electron chi connectivity index (χ4n) is 4.78. The number of aromatic nitrogens is 5. The smallest absolute Gasteiger partial charge is 0.284 e. The number of carbonyl (C=O) groups is 1. The van der Waals surface area contributed by atoms with Crippen molar-refractivity contribution in [2.24, 2.45) is 5.92 Å². The molecule has 2 atom stereocenters. The number of benzene rings is 1. The second kappa shape index (κ2) is 7.41. The minimum absolute atomic E-state index is 0.0164. The SMILES string of the molecule is C[C@H]1CN(c2ncnc3c2C(=O)NC3)C1Cc1nn2ccc(Cl)c2c(=O)n1-c1ccccc1. The number of anilines is 1. The molecule has 0 saturated carbocycles. The number of nitrogens with one attached hydrogen (secondary N) is 1. The van der Waals surface area contributed by atoms with Crippen molar-refractivity contribution in [1.29, 1.82) is 0 Å². The Morgan fingerprint density at radius 1 is 1.15 bits per heavy atom. The minimum atomic E-state index is -0.220. The largest absolute Gasteiger partial charge is 0.352 e. The maximum absolute atomic E-state index is 13.5. The molecule has 1 amide bonds. The van der Waals surface area contributed by atoms with E-state index in [1.54, 1.807) is 21.3 Å². The lowest BCUT2D eigenvalue weighted by atomic mass is 9.87. The molecule has 1 aromatic carbocycles. The van der Waals surface area contributed by atoms with Crippen LogP contribution in [-0.4, -0.2) is 42.6 Å². The second-order valence-corrected chi connectivity index (χ2v) is 8.86. The maximum atomic E-state index is 13.5. The molecule has 6 rings (SSSR count). The molecule has 1 fully saturated rings. The van der Waals surface area contributed by atoms with Crippen LogP contribution in [0.5, 0.6) is 0 Å². The molecular weight excluding hydrogens is 442 g/mol. The molecule has 9 nitrogen and oxygen atoms in total. The third kappa shape index (κ3) is 3.03. The van der Waals surface area contributed by atoms with Gasteiger partial charge < -0.3 is 10.2 Å². The van der Waals surface area contributed by atoms with Crippen LogP contribution in [0.2, 0.25) is 5.02 Å². The van der Waals surface area contributed by atoms with Crippen LogP contribution in [0.4, 0.5) is 5.82 Å². The summed E-state index contributed by atoms with van der Waals surface area (Å²) in [5.74, 6) is 1.42. The fourth-order valence-corrected chi connectivity index (χ4v) is 5.00. The fraction of sp³-hybridized carbons (Fsp3) is 0.261. The van der Waals surface area contributed by atoms with Crippen molar-refractivity contribution in [2.45, 2.75) is 25.9 Å². The van der Waals surface area contributed by atoms with Crippen molar-refractivity contribution < 1.29 is 4.79 Å². The number of rotatable bonds is 4. The van der Waals surface area contributed by atoms with E-state index in [0.29, 0.717) is 52.3 Å². The Morgan fingerprint density at radius 3 is 2.76 bits per heavy atom. The first-order chi connectivity index (χ1) is 16.0. The van der Waals surface area contributed by atoms with Gasteiger partial charge in [0.1, 0.15) is 29.0 Å². The Bertz CT molecular complexity index is 1460. The zero-order chi connectivity index (χ0) is 22.7. The van der Waals surface area contributed by atoms with Crippen LogP contribution < -0.4 is 15.8 Å². The predicted octanol–water partition coefficient (Wildman–Crippen LogP) is 2.24. The number of hydrogen-bond donors (Lipinski definition) is 1. The molecule has 1 saturated heterocycles. The maximum Gasteiger partial charge on any atom is 0.284 e. The van der Waals surface area contributed by atoms with Crippen molar-refractivity contribution in [3.05, 3.63) is 81.4 Å². The van der Waals surface area contributed by atoms with E-state index < -0.39 is 0 Å². The molecule has 0 radical (unpaired) electrons. The zero-order valence-corrected chi connectivity index (χ0v) is 18.5. The molecule has 1 unspecified atom stereocenters. The lowest BCUT2D eigenvalue weighted by molar-refractivity contribution is 0.0965. The summed E-state index contributed by atoms with van der Waals surface area (Å²) in [7, 11) is 0. The lowest BCUT2D eigenvalue weighted by Gasteiger charge is -2.48. The first-order valence-corrected chi connectivity index (χ1v) is 11.1. The summed E-state index contributed by atoms with van der Waals surface area (Å²) < 4.78 is 3.17. The second-order valence-electron chi connectivity index (χ2n) is 8.45. The van der Waals surface area contributed by atoms with Gasteiger partial charge in [-0.2, -0.15) is 5.10 Å².